The molecular weight excluding hydrogens is 298 g/mol. The Balaban J connectivity index is 2.08. The summed E-state index contributed by atoms with van der Waals surface area (Å²) in [5.41, 5.74) is 2.90. The average molecular weight is 321 g/mol. The second-order valence-electron chi connectivity index (χ2n) is 5.59. The number of benzene rings is 2. The molecule has 0 atom stereocenters. The molecule has 24 heavy (non-hydrogen) atoms. The van der Waals surface area contributed by atoms with Gasteiger partial charge in [0.1, 0.15) is 12.4 Å². The topological polar surface area (TPSA) is 29.5 Å². The number of nitrogens with zero attached hydrogens (tertiary/aromatic N) is 1. The van der Waals surface area contributed by atoms with Crippen molar-refractivity contribution in [2.75, 3.05) is 13.1 Å². The van der Waals surface area contributed by atoms with Gasteiger partial charge in [0.2, 0.25) is 0 Å². The number of hydrogen-bond acceptors (Lipinski definition) is 2. The average Bonchev–Trinajstić information content (AvgIpc) is 2.59. The van der Waals surface area contributed by atoms with Crippen molar-refractivity contribution in [1.29, 1.82) is 0 Å². The molecule has 0 saturated heterocycles. The van der Waals surface area contributed by atoms with Crippen LogP contribution in [0.2, 0.25) is 0 Å². The maximum Gasteiger partial charge on any atom is 0.254 e. The highest BCUT2D eigenvalue weighted by Crippen LogP contribution is 2.17. The zero-order chi connectivity index (χ0) is 17.4. The van der Waals surface area contributed by atoms with Crippen LogP contribution in [-0.4, -0.2) is 23.9 Å². The number of aryl methyl sites for hydroxylation is 1. The highest BCUT2D eigenvalue weighted by molar-refractivity contribution is 5.94. The number of carbonyl (C=O) groups is 1. The number of rotatable bonds is 8. The van der Waals surface area contributed by atoms with Gasteiger partial charge in [0.05, 0.1) is 0 Å². The molecular formula is C21H23NO2. The molecule has 0 radical (unpaired) electrons. The zero-order valence-electron chi connectivity index (χ0n) is 14.1. The third kappa shape index (κ3) is 4.85. The first-order valence-electron chi connectivity index (χ1n) is 7.93. The summed E-state index contributed by atoms with van der Waals surface area (Å²) in [7, 11) is 0. The summed E-state index contributed by atoms with van der Waals surface area (Å²) in [4.78, 5) is 14.3. The molecule has 0 aromatic heterocycles. The summed E-state index contributed by atoms with van der Waals surface area (Å²) >= 11 is 0. The SMILES string of the molecule is C=CCN(CC=C)C(=O)c1cccc(OCc2cccc(C)c2)c1. The Morgan fingerprint density at radius 2 is 1.79 bits per heavy atom. The second kappa shape index (κ2) is 8.73. The lowest BCUT2D eigenvalue weighted by Crippen LogP contribution is -2.31. The van der Waals surface area contributed by atoms with E-state index in [0.717, 1.165) is 5.56 Å². The highest BCUT2D eigenvalue weighted by atomic mass is 16.5. The van der Waals surface area contributed by atoms with E-state index in [2.05, 4.69) is 32.2 Å². The lowest BCUT2D eigenvalue weighted by atomic mass is 10.1. The Labute approximate surface area is 143 Å². The Morgan fingerprint density at radius 1 is 1.08 bits per heavy atom. The summed E-state index contributed by atoms with van der Waals surface area (Å²) < 4.78 is 5.83. The van der Waals surface area contributed by atoms with Crippen LogP contribution in [0.4, 0.5) is 0 Å². The van der Waals surface area contributed by atoms with E-state index in [0.29, 0.717) is 31.0 Å². The molecule has 124 valence electrons. The standard InChI is InChI=1S/C21H23NO2/c1-4-12-22(13-5-2)21(23)19-10-7-11-20(15-19)24-16-18-9-6-8-17(3)14-18/h4-11,14-15H,1-2,12-13,16H2,3H3. The molecule has 0 saturated carbocycles. The summed E-state index contributed by atoms with van der Waals surface area (Å²) in [6.45, 7) is 10.9. The third-order valence-electron chi connectivity index (χ3n) is 3.56. The van der Waals surface area contributed by atoms with Crippen LogP contribution in [0.15, 0.2) is 73.8 Å². The van der Waals surface area contributed by atoms with Gasteiger partial charge in [-0.1, -0.05) is 48.0 Å². The molecule has 0 spiro atoms. The van der Waals surface area contributed by atoms with Crippen molar-refractivity contribution < 1.29 is 9.53 Å². The summed E-state index contributed by atoms with van der Waals surface area (Å²) in [6.07, 6.45) is 3.42. The highest BCUT2D eigenvalue weighted by Gasteiger charge is 2.13. The Bertz CT molecular complexity index is 711. The van der Waals surface area contributed by atoms with Crippen molar-refractivity contribution >= 4 is 5.91 Å². The summed E-state index contributed by atoms with van der Waals surface area (Å²) in [6, 6.07) is 15.4. The third-order valence-corrected chi connectivity index (χ3v) is 3.56. The Kier molecular flexibility index (Phi) is 6.38. The number of hydrogen-bond donors (Lipinski definition) is 0. The molecule has 3 heteroatoms. The Morgan fingerprint density at radius 3 is 2.46 bits per heavy atom. The second-order valence-corrected chi connectivity index (χ2v) is 5.59. The smallest absolute Gasteiger partial charge is 0.254 e. The van der Waals surface area contributed by atoms with E-state index in [4.69, 9.17) is 4.74 Å². The molecule has 0 unspecified atom stereocenters. The van der Waals surface area contributed by atoms with Gasteiger partial charge in [-0.15, -0.1) is 13.2 Å². The number of amides is 1. The first kappa shape index (κ1) is 17.5. The fraction of sp³-hybridized carbons (Fsp3) is 0.190. The van der Waals surface area contributed by atoms with Gasteiger partial charge in [-0.05, 0) is 30.7 Å². The molecule has 2 aromatic rings. The van der Waals surface area contributed by atoms with Crippen LogP contribution in [-0.2, 0) is 6.61 Å². The number of carbonyl (C=O) groups excluding carboxylic acids is 1. The number of ether oxygens (including phenoxy) is 1. The molecule has 1 amide bonds. The molecule has 2 aromatic carbocycles. The van der Waals surface area contributed by atoms with Crippen LogP contribution in [0.1, 0.15) is 21.5 Å². The molecule has 0 heterocycles. The predicted molar refractivity (Wildman–Crippen MR) is 98.3 cm³/mol. The molecule has 2 rings (SSSR count). The molecule has 0 aliphatic heterocycles. The maximum atomic E-state index is 12.6. The van der Waals surface area contributed by atoms with Gasteiger partial charge in [0, 0.05) is 18.7 Å². The quantitative estimate of drug-likeness (QED) is 0.675. The van der Waals surface area contributed by atoms with Gasteiger partial charge in [0.25, 0.3) is 5.91 Å². The fourth-order valence-corrected chi connectivity index (χ4v) is 2.42. The van der Waals surface area contributed by atoms with Gasteiger partial charge in [-0.3, -0.25) is 4.79 Å². The Hall–Kier alpha value is -2.81. The normalized spacial score (nSPS) is 10.0. The van der Waals surface area contributed by atoms with Crippen molar-refractivity contribution in [1.82, 2.24) is 4.90 Å². The minimum atomic E-state index is -0.0594. The van der Waals surface area contributed by atoms with E-state index in [1.807, 2.05) is 24.3 Å². The van der Waals surface area contributed by atoms with Crippen molar-refractivity contribution in [3.05, 3.63) is 90.5 Å². The van der Waals surface area contributed by atoms with Crippen molar-refractivity contribution in [2.45, 2.75) is 13.5 Å². The minimum absolute atomic E-state index is 0.0594. The van der Waals surface area contributed by atoms with E-state index in [1.54, 1.807) is 29.2 Å². The van der Waals surface area contributed by atoms with Gasteiger partial charge < -0.3 is 9.64 Å². The lowest BCUT2D eigenvalue weighted by molar-refractivity contribution is 0.0790. The van der Waals surface area contributed by atoms with Crippen LogP contribution in [0.3, 0.4) is 0 Å². The van der Waals surface area contributed by atoms with Gasteiger partial charge >= 0.3 is 0 Å². The molecule has 0 aliphatic carbocycles. The van der Waals surface area contributed by atoms with Gasteiger partial charge in [0.15, 0.2) is 0 Å². The molecule has 0 aliphatic rings. The van der Waals surface area contributed by atoms with Crippen LogP contribution in [0.25, 0.3) is 0 Å². The molecule has 0 bridgehead atoms. The van der Waals surface area contributed by atoms with E-state index in [9.17, 15) is 4.79 Å². The van der Waals surface area contributed by atoms with E-state index >= 15 is 0 Å². The van der Waals surface area contributed by atoms with E-state index in [-0.39, 0.29) is 5.91 Å². The van der Waals surface area contributed by atoms with Crippen LogP contribution < -0.4 is 4.74 Å². The van der Waals surface area contributed by atoms with Gasteiger partial charge in [-0.2, -0.15) is 0 Å². The van der Waals surface area contributed by atoms with Crippen LogP contribution >= 0.6 is 0 Å². The minimum Gasteiger partial charge on any atom is -0.489 e. The van der Waals surface area contributed by atoms with Crippen LogP contribution in [0, 0.1) is 6.92 Å². The van der Waals surface area contributed by atoms with Crippen LogP contribution in [0.5, 0.6) is 5.75 Å². The summed E-state index contributed by atoms with van der Waals surface area (Å²) in [5.74, 6) is 0.621. The summed E-state index contributed by atoms with van der Waals surface area (Å²) in [5, 5.41) is 0. The molecule has 3 nitrogen and oxygen atoms in total. The fourth-order valence-electron chi connectivity index (χ4n) is 2.42. The molecule has 0 fully saturated rings. The van der Waals surface area contributed by atoms with Crippen molar-refractivity contribution in [3.8, 4) is 5.75 Å². The maximum absolute atomic E-state index is 12.6. The van der Waals surface area contributed by atoms with E-state index < -0.39 is 0 Å². The van der Waals surface area contributed by atoms with Crippen molar-refractivity contribution in [3.63, 3.8) is 0 Å². The monoisotopic (exact) mass is 321 g/mol. The van der Waals surface area contributed by atoms with E-state index in [1.165, 1.54) is 5.56 Å². The first-order chi connectivity index (χ1) is 11.6. The van der Waals surface area contributed by atoms with Gasteiger partial charge in [-0.25, -0.2) is 0 Å². The first-order valence-corrected chi connectivity index (χ1v) is 7.93. The predicted octanol–water partition coefficient (Wildman–Crippen LogP) is 4.39. The lowest BCUT2D eigenvalue weighted by Gasteiger charge is -2.19. The largest absolute Gasteiger partial charge is 0.489 e. The molecule has 0 N–H and O–H groups in total. The van der Waals surface area contributed by atoms with Crippen molar-refractivity contribution in [2.24, 2.45) is 0 Å². The zero-order valence-corrected chi connectivity index (χ0v) is 14.1.